The Morgan fingerprint density at radius 2 is 1.58 bits per heavy atom. The zero-order valence-electron chi connectivity index (χ0n) is 36.6. The van der Waals surface area contributed by atoms with Crippen LogP contribution in [0.5, 0.6) is 0 Å². The number of amides is 5. The number of rotatable bonds is 10. The van der Waals surface area contributed by atoms with Crippen molar-refractivity contribution in [1.82, 2.24) is 34.6 Å². The number of carbonyl (C=O) groups excluding carboxylic acids is 6. The Labute approximate surface area is 378 Å². The molecule has 0 spiro atoms. The van der Waals surface area contributed by atoms with Crippen molar-refractivity contribution in [2.75, 3.05) is 54.9 Å². The Kier molecular flexibility index (Phi) is 13.2. The number of aliphatic hydroxyl groups excluding tert-OH is 1. The predicted molar refractivity (Wildman–Crippen MR) is 237 cm³/mol. The van der Waals surface area contributed by atoms with Crippen LogP contribution in [0.15, 0.2) is 73.1 Å². The van der Waals surface area contributed by atoms with Crippen LogP contribution in [0.3, 0.4) is 0 Å². The maximum absolute atomic E-state index is 14.5. The number of morpholine rings is 1. The lowest BCUT2D eigenvalue weighted by Crippen LogP contribution is -2.60. The van der Waals surface area contributed by atoms with Gasteiger partial charge in [0.05, 0.1) is 42.8 Å². The van der Waals surface area contributed by atoms with Gasteiger partial charge >= 0.3 is 29.9 Å². The van der Waals surface area contributed by atoms with Gasteiger partial charge in [0.25, 0.3) is 0 Å². The number of nitrogens with zero attached hydrogens (tertiary/aromatic N) is 8. The first-order valence-electron chi connectivity index (χ1n) is 20.7. The zero-order valence-corrected chi connectivity index (χ0v) is 37.4. The molecule has 2 aliphatic heterocycles. The molecule has 0 aliphatic carbocycles. The summed E-state index contributed by atoms with van der Waals surface area (Å²) in [5.41, 5.74) is 0.445. The highest BCUT2D eigenvalue weighted by Crippen LogP contribution is 2.31. The van der Waals surface area contributed by atoms with Crippen molar-refractivity contribution < 1.29 is 48.1 Å². The normalized spacial score (nSPS) is 16.4. The summed E-state index contributed by atoms with van der Waals surface area (Å²) < 4.78 is 19.2. The van der Waals surface area contributed by atoms with Crippen LogP contribution in [0.1, 0.15) is 57.6 Å². The molecule has 3 aromatic carbocycles. The van der Waals surface area contributed by atoms with Gasteiger partial charge in [-0.3, -0.25) is 14.4 Å². The Hall–Kier alpha value is -6.90. The minimum absolute atomic E-state index is 0.0228. The number of fused-ring (bicyclic) bond motifs is 1. The third-order valence-electron chi connectivity index (χ3n) is 10.3. The molecular formula is C44H49ClN10O10. The number of aliphatic hydroxyl groups is 1. The number of piperazine rings is 1. The summed E-state index contributed by atoms with van der Waals surface area (Å²) in [7, 11) is 0. The van der Waals surface area contributed by atoms with Crippen LogP contribution in [0, 0.1) is 0 Å². The molecule has 2 saturated heterocycles. The van der Waals surface area contributed by atoms with E-state index in [4.69, 9.17) is 25.8 Å². The molecule has 342 valence electrons. The minimum atomic E-state index is -1.24. The highest BCUT2D eigenvalue weighted by Gasteiger charge is 2.41. The van der Waals surface area contributed by atoms with E-state index < -0.39 is 53.1 Å². The van der Waals surface area contributed by atoms with Crippen molar-refractivity contribution in [3.05, 3.63) is 89.3 Å². The number of benzene rings is 3. The van der Waals surface area contributed by atoms with Crippen LogP contribution in [0.25, 0.3) is 16.6 Å². The maximum Gasteiger partial charge on any atom is 0.419 e. The van der Waals surface area contributed by atoms with Crippen LogP contribution >= 0.6 is 11.6 Å². The molecule has 2 fully saturated rings. The van der Waals surface area contributed by atoms with Crippen LogP contribution < -0.4 is 15.5 Å². The molecular weight excluding hydrogens is 864 g/mol. The fourth-order valence-electron chi connectivity index (χ4n) is 7.37. The number of urea groups is 1. The summed E-state index contributed by atoms with van der Waals surface area (Å²) in [5, 5.41) is 27.2. The maximum atomic E-state index is 14.5. The SMILES string of the molecule is CC(C)(C)OC(=O)c1cc2cc(NC(=O)C(Cc3ccc(NC(=O)N4CCO[C@@H](CO)C4)cc3)N3CCN(c4cc(Cl)ccc4-n4cnnn4)C(=O)C3=O)ccc2n1C(=O)OC(C)(C)C. The first-order valence-corrected chi connectivity index (χ1v) is 21.1. The van der Waals surface area contributed by atoms with Gasteiger partial charge < -0.3 is 44.7 Å². The van der Waals surface area contributed by atoms with Crippen LogP contribution in [-0.2, 0) is 35.0 Å². The minimum Gasteiger partial charge on any atom is -0.455 e. The molecule has 21 heteroatoms. The van der Waals surface area contributed by atoms with Gasteiger partial charge in [0.2, 0.25) is 5.91 Å². The Morgan fingerprint density at radius 1 is 0.862 bits per heavy atom. The second kappa shape index (κ2) is 18.7. The predicted octanol–water partition coefficient (Wildman–Crippen LogP) is 4.66. The van der Waals surface area contributed by atoms with E-state index in [9.17, 15) is 33.9 Å². The second-order valence-corrected chi connectivity index (χ2v) is 17.9. The smallest absolute Gasteiger partial charge is 0.419 e. The second-order valence-electron chi connectivity index (χ2n) is 17.4. The van der Waals surface area contributed by atoms with Gasteiger partial charge in [0, 0.05) is 47.8 Å². The van der Waals surface area contributed by atoms with E-state index in [0.717, 1.165) is 4.57 Å². The van der Waals surface area contributed by atoms with Crippen LogP contribution in [0.2, 0.25) is 5.02 Å². The van der Waals surface area contributed by atoms with Gasteiger partial charge in [-0.25, -0.2) is 19.0 Å². The number of hydrogen-bond acceptors (Lipinski definition) is 13. The monoisotopic (exact) mass is 912 g/mol. The Morgan fingerprint density at radius 3 is 2.26 bits per heavy atom. The van der Waals surface area contributed by atoms with Gasteiger partial charge in [0.15, 0.2) is 0 Å². The molecule has 2 atom stereocenters. The number of carbonyl (C=O) groups is 6. The fourth-order valence-corrected chi connectivity index (χ4v) is 7.53. The molecule has 4 heterocycles. The van der Waals surface area contributed by atoms with Crippen molar-refractivity contribution in [2.45, 2.75) is 71.3 Å². The molecule has 2 aliphatic rings. The highest BCUT2D eigenvalue weighted by atomic mass is 35.5. The quantitative estimate of drug-likeness (QED) is 0.128. The van der Waals surface area contributed by atoms with E-state index in [1.807, 2.05) is 0 Å². The number of hydrogen-bond donors (Lipinski definition) is 3. The van der Waals surface area contributed by atoms with Crippen LogP contribution in [0.4, 0.5) is 26.7 Å². The van der Waals surface area contributed by atoms with Gasteiger partial charge in [-0.15, -0.1) is 5.10 Å². The van der Waals surface area contributed by atoms with E-state index in [1.54, 1.807) is 90.1 Å². The third kappa shape index (κ3) is 10.7. The molecule has 0 saturated carbocycles. The number of esters is 1. The van der Waals surface area contributed by atoms with E-state index in [-0.39, 0.29) is 62.4 Å². The Bertz CT molecular complexity index is 2620. The molecule has 7 rings (SSSR count). The standard InChI is InChI=1S/C44H49ClN10O10/c1-43(2,3)64-40(60)36-21-27-20-30(12-14-32(27)55(36)42(62)65-44(4,5)6)47-37(57)35(19-26-7-10-29(11-8-26)48-41(61)51-17-18-63-31(23-51)24-56)53-16-15-52(38(58)39(53)59)34-22-28(45)9-13-33(34)54-25-46-49-50-54/h7-14,20-22,25,31,35,56H,15-19,23-24H2,1-6H3,(H,47,57)(H,48,61)/t31-,35?/m1/s1. The van der Waals surface area contributed by atoms with Gasteiger partial charge in [0.1, 0.15) is 29.3 Å². The molecule has 0 bridgehead atoms. The van der Waals surface area contributed by atoms with Gasteiger partial charge in [-0.05, 0) is 112 Å². The molecule has 3 N–H and O–H groups in total. The lowest BCUT2D eigenvalue weighted by molar-refractivity contribution is -0.149. The lowest BCUT2D eigenvalue weighted by atomic mass is 10.0. The third-order valence-corrected chi connectivity index (χ3v) is 10.5. The first-order chi connectivity index (χ1) is 30.8. The number of aromatic nitrogens is 5. The van der Waals surface area contributed by atoms with Crippen molar-refractivity contribution in [3.8, 4) is 5.69 Å². The number of halogens is 1. The van der Waals surface area contributed by atoms with E-state index in [2.05, 4.69) is 26.2 Å². The summed E-state index contributed by atoms with van der Waals surface area (Å²) in [6.07, 6.45) is -0.000338. The largest absolute Gasteiger partial charge is 0.455 e. The lowest BCUT2D eigenvalue weighted by Gasteiger charge is -2.38. The summed E-state index contributed by atoms with van der Waals surface area (Å²) >= 11 is 6.35. The van der Waals surface area contributed by atoms with Crippen LogP contribution in [-0.4, -0.2) is 138 Å². The highest BCUT2D eigenvalue weighted by molar-refractivity contribution is 6.41. The molecule has 65 heavy (non-hydrogen) atoms. The van der Waals surface area contributed by atoms with Crippen molar-refractivity contribution in [3.63, 3.8) is 0 Å². The number of ether oxygens (including phenoxy) is 3. The molecule has 5 amide bonds. The summed E-state index contributed by atoms with van der Waals surface area (Å²) in [5.74, 6) is -3.29. The van der Waals surface area contributed by atoms with E-state index >= 15 is 0 Å². The van der Waals surface area contributed by atoms with E-state index in [1.165, 1.54) is 43.9 Å². The van der Waals surface area contributed by atoms with Crippen molar-refractivity contribution in [2.24, 2.45) is 0 Å². The summed E-state index contributed by atoms with van der Waals surface area (Å²) in [6, 6.07) is 15.9. The van der Waals surface area contributed by atoms with Gasteiger partial charge in [-0.2, -0.15) is 4.68 Å². The molecule has 0 radical (unpaired) electrons. The Balaban J connectivity index is 1.18. The topological polar surface area (TPSA) is 233 Å². The average molecular weight is 913 g/mol. The van der Waals surface area contributed by atoms with Gasteiger partial charge in [-0.1, -0.05) is 23.7 Å². The zero-order chi connectivity index (χ0) is 46.8. The van der Waals surface area contributed by atoms with Crippen molar-refractivity contribution in [1.29, 1.82) is 0 Å². The summed E-state index contributed by atoms with van der Waals surface area (Å²) in [4.78, 5) is 86.7. The number of anilines is 3. The number of tetrazole rings is 1. The van der Waals surface area contributed by atoms with E-state index in [0.29, 0.717) is 39.4 Å². The molecule has 20 nitrogen and oxygen atoms in total. The average Bonchev–Trinajstić information content (AvgIpc) is 3.92. The molecule has 5 aromatic rings. The fraction of sp³-hybridized carbons (Fsp3) is 0.386. The van der Waals surface area contributed by atoms with Crippen molar-refractivity contribution >= 4 is 75.4 Å². The molecule has 2 aromatic heterocycles. The number of nitrogens with one attached hydrogen (secondary N) is 2. The molecule has 1 unspecified atom stereocenters. The first kappa shape index (κ1) is 46.1. The summed E-state index contributed by atoms with van der Waals surface area (Å²) in [6.45, 7) is 10.7.